The third-order valence-corrected chi connectivity index (χ3v) is 12.1. The number of hydrogen-bond donors (Lipinski definition) is 0. The molecule has 0 amide bonds. The Bertz CT molecular complexity index is 1310. The fourth-order valence-corrected chi connectivity index (χ4v) is 9.22. The Hall–Kier alpha value is -2.05. The van der Waals surface area contributed by atoms with E-state index in [0.29, 0.717) is 6.16 Å². The summed E-state index contributed by atoms with van der Waals surface area (Å²) >= 11 is 0. The van der Waals surface area contributed by atoms with Crippen LogP contribution in [0.1, 0.15) is 108 Å². The highest BCUT2D eigenvalue weighted by atomic mass is 31.2. The van der Waals surface area contributed by atoms with Crippen molar-refractivity contribution in [3.8, 4) is 0 Å². The highest BCUT2D eigenvalue weighted by molar-refractivity contribution is 7.62. The lowest BCUT2D eigenvalue weighted by atomic mass is 9.60. The van der Waals surface area contributed by atoms with E-state index in [4.69, 9.17) is 0 Å². The normalized spacial score (nSPS) is 11.8. The Morgan fingerprint density at radius 3 is 0.683 bits per heavy atom. The molecular weight excluding hydrogens is 514 g/mol. The zero-order chi connectivity index (χ0) is 30.1. The predicted molar refractivity (Wildman–Crippen MR) is 187 cm³/mol. The molecule has 3 heteroatoms. The molecule has 223 valence electrons. The van der Waals surface area contributed by atoms with Crippen LogP contribution in [0.3, 0.4) is 0 Å². The van der Waals surface area contributed by atoms with Crippen LogP contribution < -0.4 is 0 Å². The van der Waals surface area contributed by atoms with Crippen LogP contribution in [0.4, 0.5) is 0 Å². The summed E-state index contributed by atoms with van der Waals surface area (Å²) in [6.07, 6.45) is 0.608. The third-order valence-electron chi connectivity index (χ3n) is 10.9. The number of hydrogen-bond acceptors (Lipinski definition) is 1. The Labute approximate surface area is 255 Å². The molecule has 0 saturated carbocycles. The van der Waals surface area contributed by atoms with Gasteiger partial charge in [-0.2, -0.15) is 0 Å². The summed E-state index contributed by atoms with van der Waals surface area (Å²) in [6.45, 7) is 38.3. The summed E-state index contributed by atoms with van der Waals surface area (Å²) < 4.78 is 14.3. The Morgan fingerprint density at radius 2 is 0.537 bits per heavy atom. The Morgan fingerprint density at radius 1 is 0.390 bits per heavy atom. The molecule has 0 aliphatic carbocycles. The van der Waals surface area contributed by atoms with Crippen molar-refractivity contribution in [1.82, 2.24) is 0 Å². The molecule has 1 nitrogen and oxygen atoms in total. The van der Waals surface area contributed by atoms with Crippen molar-refractivity contribution >= 4 is 15.6 Å². The molecule has 0 unspecified atom stereocenters. The highest BCUT2D eigenvalue weighted by Gasteiger charge is 2.47. The molecule has 0 aliphatic rings. The van der Waals surface area contributed by atoms with Crippen LogP contribution in [-0.2, 0) is 9.98 Å². The molecule has 0 N–H and O–H groups in total. The molecule has 0 aliphatic heterocycles. The molecule has 0 fully saturated rings. The summed E-state index contributed by atoms with van der Waals surface area (Å²) in [4.78, 5) is 0. The van der Waals surface area contributed by atoms with Crippen molar-refractivity contribution in [1.29, 1.82) is 0 Å². The molecule has 0 spiro atoms. The highest BCUT2D eigenvalue weighted by Crippen LogP contribution is 2.57. The van der Waals surface area contributed by atoms with E-state index < -0.39 is 12.6 Å². The van der Waals surface area contributed by atoms with Crippen LogP contribution in [0.15, 0.2) is 0 Å². The van der Waals surface area contributed by atoms with Gasteiger partial charge in [0.15, 0.2) is 0 Å². The van der Waals surface area contributed by atoms with Gasteiger partial charge in [0.25, 0.3) is 0 Å². The van der Waals surface area contributed by atoms with E-state index in [1.165, 1.54) is 100 Å². The van der Waals surface area contributed by atoms with Crippen LogP contribution in [0.5, 0.6) is 0 Å². The van der Waals surface area contributed by atoms with Crippen molar-refractivity contribution in [3.63, 3.8) is 0 Å². The first kappa shape index (κ1) is 37.0. The van der Waals surface area contributed by atoms with Crippen molar-refractivity contribution in [2.75, 3.05) is 19.5 Å². The van der Waals surface area contributed by atoms with E-state index >= 15 is 0 Å². The largest absolute Gasteiger partial charge is 0.324 e. The lowest BCUT2D eigenvalue weighted by molar-refractivity contribution is 0.566. The Balaban J connectivity index is 0.00000420. The molecule has 3 rings (SSSR count). The minimum atomic E-state index is -2.53. The first-order valence-corrected chi connectivity index (χ1v) is 17.3. The van der Waals surface area contributed by atoms with E-state index in [1.807, 2.05) is 13.3 Å². The Kier molecular flexibility index (Phi) is 11.1. The van der Waals surface area contributed by atoms with E-state index in [-0.39, 0.29) is 15.8 Å². The van der Waals surface area contributed by atoms with Gasteiger partial charge < -0.3 is 4.57 Å². The molecular formula is C38H57BOP. The maximum absolute atomic E-state index is 14.3. The molecule has 41 heavy (non-hydrogen) atoms. The van der Waals surface area contributed by atoms with Gasteiger partial charge in [0.1, 0.15) is 0 Å². The molecule has 0 saturated heterocycles. The van der Waals surface area contributed by atoms with Gasteiger partial charge in [-0.1, -0.05) is 7.43 Å². The van der Waals surface area contributed by atoms with Crippen molar-refractivity contribution in [2.45, 2.75) is 117 Å². The average molecular weight is 572 g/mol. The lowest BCUT2D eigenvalue weighted by Gasteiger charge is -2.45. The van der Waals surface area contributed by atoms with E-state index in [0.717, 1.165) is 0 Å². The van der Waals surface area contributed by atoms with Gasteiger partial charge >= 0.3 is 0 Å². The monoisotopic (exact) mass is 571 g/mol. The average Bonchev–Trinajstić information content (AvgIpc) is 2.85. The van der Waals surface area contributed by atoms with Gasteiger partial charge in [-0.25, -0.2) is 0 Å². The van der Waals surface area contributed by atoms with Gasteiger partial charge in [-0.15, -0.1) is 0 Å². The minimum absolute atomic E-state index is 0. The summed E-state index contributed by atoms with van der Waals surface area (Å²) in [5.41, 5.74) is 23.8. The second-order valence-electron chi connectivity index (χ2n) is 13.1. The summed E-state index contributed by atoms with van der Waals surface area (Å²) in [6, 6.07) is 0. The topological polar surface area (TPSA) is 17.1 Å². The molecule has 3 radical (unpaired) electrons. The SMILES string of the molecule is C.Cc1c(C)c(C)c(C(CP(C)(C)=O)(c2c(C)c(C)c(C)c(C)c2C)c2c(C)c(C)c(C)c(C)c2C)c(C)c1C.[B]. The fraction of sp³-hybridized carbons (Fsp3) is 0.526. The van der Waals surface area contributed by atoms with Crippen LogP contribution in [0.2, 0.25) is 0 Å². The quantitative estimate of drug-likeness (QED) is 0.169. The summed E-state index contributed by atoms with van der Waals surface area (Å²) in [5, 5.41) is 0. The molecule has 3 aromatic carbocycles. The second kappa shape index (κ2) is 12.3. The van der Waals surface area contributed by atoms with Crippen molar-refractivity contribution < 1.29 is 4.57 Å². The first-order valence-electron chi connectivity index (χ1n) is 14.5. The maximum Gasteiger partial charge on any atom is 0.0834 e. The number of rotatable bonds is 5. The first-order chi connectivity index (χ1) is 17.7. The van der Waals surface area contributed by atoms with Crippen molar-refractivity contribution in [3.05, 3.63) is 100 Å². The molecule has 3 aromatic rings. The fourth-order valence-electron chi connectivity index (χ4n) is 7.60. The molecule has 0 heterocycles. The van der Waals surface area contributed by atoms with E-state index in [9.17, 15) is 4.57 Å². The number of benzene rings is 3. The van der Waals surface area contributed by atoms with Gasteiger partial charge in [0, 0.05) is 14.6 Å². The van der Waals surface area contributed by atoms with Gasteiger partial charge in [-0.3, -0.25) is 0 Å². The smallest absolute Gasteiger partial charge is 0.0834 e. The summed E-state index contributed by atoms with van der Waals surface area (Å²) in [7, 11) is -2.53. The van der Waals surface area contributed by atoms with Crippen molar-refractivity contribution in [2.24, 2.45) is 0 Å². The van der Waals surface area contributed by atoms with Crippen LogP contribution in [-0.4, -0.2) is 27.9 Å². The second-order valence-corrected chi connectivity index (χ2v) is 16.6. The molecule has 0 atom stereocenters. The lowest BCUT2D eigenvalue weighted by Crippen LogP contribution is -2.40. The van der Waals surface area contributed by atoms with Gasteiger partial charge in [0.05, 0.1) is 12.6 Å². The summed E-state index contributed by atoms with van der Waals surface area (Å²) in [5.74, 6) is 0. The third kappa shape index (κ3) is 5.56. The minimum Gasteiger partial charge on any atom is -0.324 e. The zero-order valence-corrected chi connectivity index (χ0v) is 29.5. The predicted octanol–water partition coefficient (Wildman–Crippen LogP) is 10.5. The molecule has 0 aromatic heterocycles. The van der Waals surface area contributed by atoms with Crippen LogP contribution >= 0.6 is 7.14 Å². The van der Waals surface area contributed by atoms with E-state index in [1.54, 1.807) is 0 Å². The zero-order valence-electron chi connectivity index (χ0n) is 28.6. The van der Waals surface area contributed by atoms with Crippen LogP contribution in [0.25, 0.3) is 0 Å². The van der Waals surface area contributed by atoms with E-state index in [2.05, 4.69) is 104 Å². The van der Waals surface area contributed by atoms with Gasteiger partial charge in [-0.05, 0) is 217 Å². The van der Waals surface area contributed by atoms with Crippen LogP contribution in [0, 0.1) is 104 Å². The maximum atomic E-state index is 14.3. The van der Waals surface area contributed by atoms with Gasteiger partial charge in [0.2, 0.25) is 0 Å². The standard InChI is InChI=1S/C37H53OP.CH4.B/c1-19-22(4)28(10)34(29(11)23(19)5)37(18-39(16,17)38,35-30(12)24(6)20(2)25(7)31(35)13)36-32(14)26(8)21(3)27(9)33(36)15;;/h18H2,1-17H3;1H4;. The molecule has 0 bridgehead atoms.